The molecular formula is C21H28ClF3N4O2. The minimum atomic E-state index is -4.25. The topological polar surface area (TPSA) is 76.9 Å². The van der Waals surface area contributed by atoms with Gasteiger partial charge in [0, 0.05) is 23.8 Å². The lowest BCUT2D eigenvalue weighted by atomic mass is 9.95. The van der Waals surface area contributed by atoms with Crippen LogP contribution < -0.4 is 5.32 Å². The number of hydrogen-bond acceptors (Lipinski definition) is 5. The van der Waals surface area contributed by atoms with Gasteiger partial charge in [0.05, 0.1) is 22.8 Å². The van der Waals surface area contributed by atoms with E-state index in [1.807, 2.05) is 38.4 Å². The van der Waals surface area contributed by atoms with E-state index in [2.05, 4.69) is 15.4 Å². The summed E-state index contributed by atoms with van der Waals surface area (Å²) in [6.45, 7) is 11.7. The van der Waals surface area contributed by atoms with Gasteiger partial charge in [-0.25, -0.2) is 4.98 Å². The zero-order valence-corrected chi connectivity index (χ0v) is 19.3. The van der Waals surface area contributed by atoms with Gasteiger partial charge < -0.3 is 5.32 Å². The molecule has 0 unspecified atom stereocenters. The Bertz CT molecular complexity index is 918. The summed E-state index contributed by atoms with van der Waals surface area (Å²) in [5.41, 5.74) is 2.27. The fraction of sp³-hybridized carbons (Fsp3) is 0.571. The van der Waals surface area contributed by atoms with Crippen LogP contribution in [0.5, 0.6) is 0 Å². The highest BCUT2D eigenvalue weighted by Gasteiger charge is 2.36. The second-order valence-electron chi connectivity index (χ2n) is 7.97. The highest BCUT2D eigenvalue weighted by atomic mass is 35.5. The number of halogens is 4. The Morgan fingerprint density at radius 1 is 1.23 bits per heavy atom. The first kappa shape index (κ1) is 26.7. The van der Waals surface area contributed by atoms with E-state index in [0.29, 0.717) is 23.8 Å². The van der Waals surface area contributed by atoms with Gasteiger partial charge in [-0.3, -0.25) is 4.68 Å². The van der Waals surface area contributed by atoms with Gasteiger partial charge in [-0.15, -0.1) is 0 Å². The first-order valence-electron chi connectivity index (χ1n) is 9.89. The maximum atomic E-state index is 12.8. The molecule has 0 bridgehead atoms. The summed E-state index contributed by atoms with van der Waals surface area (Å²) in [5, 5.41) is 8.09. The van der Waals surface area contributed by atoms with Crippen LogP contribution in [0.25, 0.3) is 11.3 Å². The van der Waals surface area contributed by atoms with Crippen molar-refractivity contribution in [3.63, 3.8) is 0 Å². The highest BCUT2D eigenvalue weighted by molar-refractivity contribution is 6.33. The Labute approximate surface area is 185 Å². The predicted molar refractivity (Wildman–Crippen MR) is 113 cm³/mol. The number of anilines is 1. The smallest absolute Gasteiger partial charge is 0.365 e. The molecule has 172 valence electrons. The first-order valence-corrected chi connectivity index (χ1v) is 10.3. The molecule has 2 aromatic rings. The molecule has 0 radical (unpaired) electrons. The summed E-state index contributed by atoms with van der Waals surface area (Å²) in [4.78, 5) is 20.6. The van der Waals surface area contributed by atoms with Crippen molar-refractivity contribution in [2.45, 2.75) is 78.6 Å². The monoisotopic (exact) mass is 460 g/mol. The summed E-state index contributed by atoms with van der Waals surface area (Å²) < 4.78 is 40.3. The zero-order valence-electron chi connectivity index (χ0n) is 18.5. The van der Waals surface area contributed by atoms with Crippen LogP contribution in [0.3, 0.4) is 0 Å². The maximum Gasteiger partial charge on any atom is 0.391 e. The normalized spacial score (nSPS) is 11.7. The molecule has 0 amide bonds. The Balaban J connectivity index is 0.00000151. The van der Waals surface area contributed by atoms with E-state index in [4.69, 9.17) is 21.2 Å². The minimum absolute atomic E-state index is 0.130. The van der Waals surface area contributed by atoms with E-state index < -0.39 is 18.1 Å². The van der Waals surface area contributed by atoms with Gasteiger partial charge in [-0.2, -0.15) is 27.9 Å². The van der Waals surface area contributed by atoms with Gasteiger partial charge in [-0.05, 0) is 44.7 Å². The fourth-order valence-corrected chi connectivity index (χ4v) is 3.68. The number of carbonyl (C=O) groups excluding carboxylic acids is 2. The summed E-state index contributed by atoms with van der Waals surface area (Å²) in [6, 6.07) is 1.81. The Morgan fingerprint density at radius 2 is 1.81 bits per heavy atom. The van der Waals surface area contributed by atoms with Crippen molar-refractivity contribution >= 4 is 23.6 Å². The quantitative estimate of drug-likeness (QED) is 0.559. The second-order valence-corrected chi connectivity index (χ2v) is 8.35. The van der Waals surface area contributed by atoms with Crippen LogP contribution >= 0.6 is 11.6 Å². The SMILES string of the molecule is CCc1nn(CC)c(-c2cnc(NC(C)(C)CC(F)(F)F)cc2C(C)C)c1Cl.O=C=O. The van der Waals surface area contributed by atoms with E-state index in [1.165, 1.54) is 13.8 Å². The number of rotatable bonds is 7. The number of pyridine rings is 1. The first-order chi connectivity index (χ1) is 14.3. The third kappa shape index (κ3) is 7.36. The standard InChI is InChI=1S/C20H28ClF3N4.CO2/c1-7-15-17(21)18(28(8-2)27-15)14-10-25-16(9-13(14)12(3)4)26-19(5,6)11-20(22,23)24;2-1-3/h9-10,12H,7-8,11H2,1-6H3,(H,25,26);. The van der Waals surface area contributed by atoms with Gasteiger partial charge in [0.2, 0.25) is 0 Å². The van der Waals surface area contributed by atoms with Crippen LogP contribution in [0.4, 0.5) is 19.0 Å². The third-order valence-corrected chi connectivity index (χ3v) is 4.91. The average Bonchev–Trinajstić information content (AvgIpc) is 2.95. The van der Waals surface area contributed by atoms with E-state index in [-0.39, 0.29) is 12.1 Å². The molecule has 0 aromatic carbocycles. The second kappa shape index (κ2) is 10.8. The Hall–Kier alpha value is -2.38. The molecule has 31 heavy (non-hydrogen) atoms. The lowest BCUT2D eigenvalue weighted by molar-refractivity contribution is -0.191. The molecule has 6 nitrogen and oxygen atoms in total. The average molecular weight is 461 g/mol. The summed E-state index contributed by atoms with van der Waals surface area (Å²) in [6.07, 6.45) is -2.56. The van der Waals surface area contributed by atoms with Crippen LogP contribution in [0.2, 0.25) is 5.02 Å². The molecule has 0 aliphatic heterocycles. The molecule has 2 aromatic heterocycles. The van der Waals surface area contributed by atoms with Crippen molar-refractivity contribution in [2.75, 3.05) is 5.32 Å². The number of aryl methyl sites for hydroxylation is 2. The van der Waals surface area contributed by atoms with Crippen LogP contribution in [0.15, 0.2) is 12.3 Å². The number of nitrogens with one attached hydrogen (secondary N) is 1. The van der Waals surface area contributed by atoms with Crippen molar-refractivity contribution in [3.05, 3.63) is 28.5 Å². The van der Waals surface area contributed by atoms with Crippen LogP contribution in [-0.2, 0) is 22.6 Å². The number of aromatic nitrogens is 3. The van der Waals surface area contributed by atoms with E-state index in [9.17, 15) is 13.2 Å². The van der Waals surface area contributed by atoms with Gasteiger partial charge in [0.25, 0.3) is 0 Å². The van der Waals surface area contributed by atoms with E-state index in [1.54, 1.807) is 6.20 Å². The molecule has 0 aliphatic rings. The molecule has 10 heteroatoms. The zero-order chi connectivity index (χ0) is 24.0. The lowest BCUT2D eigenvalue weighted by Gasteiger charge is -2.28. The van der Waals surface area contributed by atoms with E-state index in [0.717, 1.165) is 22.5 Å². The minimum Gasteiger partial charge on any atom is -0.365 e. The number of alkyl halides is 3. The molecule has 0 saturated carbocycles. The molecule has 2 rings (SSSR count). The third-order valence-electron chi connectivity index (χ3n) is 4.52. The summed E-state index contributed by atoms with van der Waals surface area (Å²) in [7, 11) is 0. The maximum absolute atomic E-state index is 12.8. The predicted octanol–water partition coefficient (Wildman–Crippen LogP) is 5.86. The number of hydrogen-bond donors (Lipinski definition) is 1. The molecule has 0 fully saturated rings. The summed E-state index contributed by atoms with van der Waals surface area (Å²) >= 11 is 6.59. The van der Waals surface area contributed by atoms with Crippen LogP contribution in [0.1, 0.15) is 65.1 Å². The molecule has 0 aliphatic carbocycles. The van der Waals surface area contributed by atoms with Crippen molar-refractivity contribution in [2.24, 2.45) is 0 Å². The van der Waals surface area contributed by atoms with Crippen molar-refractivity contribution in [1.29, 1.82) is 0 Å². The van der Waals surface area contributed by atoms with Gasteiger partial charge in [-0.1, -0.05) is 32.4 Å². The van der Waals surface area contributed by atoms with Crippen LogP contribution in [0, 0.1) is 0 Å². The Morgan fingerprint density at radius 3 is 2.26 bits per heavy atom. The fourth-order valence-electron chi connectivity index (χ4n) is 3.31. The molecule has 0 spiro atoms. The Kier molecular flexibility index (Phi) is 9.26. The van der Waals surface area contributed by atoms with Gasteiger partial charge >= 0.3 is 12.3 Å². The molecule has 0 atom stereocenters. The lowest BCUT2D eigenvalue weighted by Crippen LogP contribution is -2.36. The van der Waals surface area contributed by atoms with Crippen LogP contribution in [-0.4, -0.2) is 32.6 Å². The highest BCUT2D eigenvalue weighted by Crippen LogP contribution is 2.37. The van der Waals surface area contributed by atoms with Gasteiger partial charge in [0.15, 0.2) is 0 Å². The number of nitrogens with zero attached hydrogens (tertiary/aromatic N) is 3. The van der Waals surface area contributed by atoms with Crippen molar-refractivity contribution in [3.8, 4) is 11.3 Å². The molecule has 0 saturated heterocycles. The van der Waals surface area contributed by atoms with Crippen molar-refractivity contribution in [1.82, 2.24) is 14.8 Å². The molecule has 2 heterocycles. The van der Waals surface area contributed by atoms with Crippen molar-refractivity contribution < 1.29 is 22.8 Å². The largest absolute Gasteiger partial charge is 0.391 e. The van der Waals surface area contributed by atoms with Gasteiger partial charge in [0.1, 0.15) is 5.82 Å². The molecular weight excluding hydrogens is 433 g/mol. The molecule has 1 N–H and O–H groups in total. The van der Waals surface area contributed by atoms with E-state index >= 15 is 0 Å². The summed E-state index contributed by atoms with van der Waals surface area (Å²) in [5.74, 6) is 0.543.